The summed E-state index contributed by atoms with van der Waals surface area (Å²) in [4.78, 5) is 0. The van der Waals surface area contributed by atoms with Gasteiger partial charge in [0.25, 0.3) is 0 Å². The molecule has 4 unspecified atom stereocenters. The molecule has 1 aromatic carbocycles. The van der Waals surface area contributed by atoms with E-state index in [1.54, 1.807) is 0 Å². The van der Waals surface area contributed by atoms with Crippen LogP contribution in [0, 0.1) is 11.8 Å². The molecule has 3 heterocycles. The van der Waals surface area contributed by atoms with Crippen molar-refractivity contribution in [1.29, 1.82) is 0 Å². The maximum absolute atomic E-state index is 13.1. The fourth-order valence-electron chi connectivity index (χ4n) is 4.06. The number of hydrogen-bond donors (Lipinski definition) is 1. The summed E-state index contributed by atoms with van der Waals surface area (Å²) >= 11 is 0. The number of rotatable bonds is 1. The number of anilines is 1. The van der Waals surface area contributed by atoms with Crippen LogP contribution in [0.5, 0.6) is 0 Å². The molecule has 130 valence electrons. The van der Waals surface area contributed by atoms with Crippen LogP contribution in [0.2, 0.25) is 0 Å². The van der Waals surface area contributed by atoms with Crippen LogP contribution in [0.25, 0.3) is 0 Å². The van der Waals surface area contributed by atoms with Crippen LogP contribution in [0.3, 0.4) is 0 Å². The third-order valence-corrected chi connectivity index (χ3v) is 5.29. The van der Waals surface area contributed by atoms with Crippen LogP contribution in [-0.4, -0.2) is 19.3 Å². The number of fused-ring (bicyclic) bond motifs is 3. The van der Waals surface area contributed by atoms with Crippen LogP contribution >= 0.6 is 0 Å². The molecule has 3 nitrogen and oxygen atoms in total. The molecule has 24 heavy (non-hydrogen) atoms. The highest BCUT2D eigenvalue weighted by atomic mass is 19.4. The van der Waals surface area contributed by atoms with Gasteiger partial charge < -0.3 is 14.8 Å². The molecule has 0 aliphatic carbocycles. The summed E-state index contributed by atoms with van der Waals surface area (Å²) in [5.74, 6) is 0.436. The highest BCUT2D eigenvalue weighted by Crippen LogP contribution is 2.48. The van der Waals surface area contributed by atoms with Crippen molar-refractivity contribution < 1.29 is 22.6 Å². The Kier molecular flexibility index (Phi) is 3.75. The number of benzene rings is 1. The lowest BCUT2D eigenvalue weighted by Crippen LogP contribution is -2.43. The second kappa shape index (κ2) is 5.69. The van der Waals surface area contributed by atoms with Crippen molar-refractivity contribution in [3.05, 3.63) is 41.2 Å². The monoisotopic (exact) mass is 339 g/mol. The first-order valence-corrected chi connectivity index (χ1v) is 8.36. The van der Waals surface area contributed by atoms with E-state index in [9.17, 15) is 13.2 Å². The fourth-order valence-corrected chi connectivity index (χ4v) is 4.06. The summed E-state index contributed by atoms with van der Waals surface area (Å²) in [7, 11) is 0. The first-order chi connectivity index (χ1) is 11.4. The van der Waals surface area contributed by atoms with Gasteiger partial charge in [0.2, 0.25) is 0 Å². The number of hydrogen-bond acceptors (Lipinski definition) is 3. The largest absolute Gasteiger partial charge is 0.501 e. The van der Waals surface area contributed by atoms with E-state index in [0.717, 1.165) is 24.6 Å². The first-order valence-electron chi connectivity index (χ1n) is 8.36. The normalized spacial score (nSPS) is 32.2. The van der Waals surface area contributed by atoms with Crippen molar-refractivity contribution in [3.8, 4) is 0 Å². The molecule has 0 aromatic heterocycles. The van der Waals surface area contributed by atoms with Gasteiger partial charge >= 0.3 is 6.18 Å². The molecule has 0 saturated carbocycles. The third-order valence-electron chi connectivity index (χ3n) is 5.29. The molecule has 1 N–H and O–H groups in total. The lowest BCUT2D eigenvalue weighted by atomic mass is 9.75. The highest BCUT2D eigenvalue weighted by Gasteiger charge is 2.43. The molecule has 1 saturated heterocycles. The summed E-state index contributed by atoms with van der Waals surface area (Å²) in [5.41, 5.74) is 1.92. The standard InChI is InChI=1S/C18H20F3NO2/c1-10-8-23-9-14(10)16-12-3-2-6-24-17(12)13-7-11(18(19,20)21)4-5-15(13)22-16/h4-5,7,9-10,12,16-17,22H,2-3,6,8H2,1H3. The zero-order chi connectivity index (χ0) is 16.9. The van der Waals surface area contributed by atoms with Crippen LogP contribution in [0.15, 0.2) is 30.0 Å². The number of nitrogens with one attached hydrogen (secondary N) is 1. The fraction of sp³-hybridized carbons (Fsp3) is 0.556. The number of alkyl halides is 3. The lowest BCUT2D eigenvalue weighted by molar-refractivity contribution is -0.137. The van der Waals surface area contributed by atoms with Crippen molar-refractivity contribution in [2.75, 3.05) is 18.5 Å². The predicted molar refractivity (Wildman–Crippen MR) is 83.5 cm³/mol. The van der Waals surface area contributed by atoms with Crippen LogP contribution in [0.4, 0.5) is 18.9 Å². The Labute approximate surface area is 138 Å². The van der Waals surface area contributed by atoms with Gasteiger partial charge in [-0.1, -0.05) is 6.92 Å². The van der Waals surface area contributed by atoms with E-state index in [2.05, 4.69) is 12.2 Å². The SMILES string of the molecule is CC1COC=C1C1Nc2ccc(C(F)(F)F)cc2C2OCCCC12. The minimum atomic E-state index is -4.34. The minimum absolute atomic E-state index is 0.0528. The molecule has 0 amide bonds. The van der Waals surface area contributed by atoms with Crippen molar-refractivity contribution in [2.24, 2.45) is 11.8 Å². The molecule has 6 heteroatoms. The van der Waals surface area contributed by atoms with Gasteiger partial charge in [-0.15, -0.1) is 0 Å². The average Bonchev–Trinajstić information content (AvgIpc) is 2.98. The van der Waals surface area contributed by atoms with Gasteiger partial charge in [-0.2, -0.15) is 13.2 Å². The second-order valence-electron chi connectivity index (χ2n) is 6.87. The molecule has 4 rings (SSSR count). The van der Waals surface area contributed by atoms with Crippen molar-refractivity contribution >= 4 is 5.69 Å². The molecule has 0 bridgehead atoms. The number of halogens is 3. The quantitative estimate of drug-likeness (QED) is 0.816. The maximum Gasteiger partial charge on any atom is 0.416 e. The Morgan fingerprint density at radius 1 is 1.25 bits per heavy atom. The molecular weight excluding hydrogens is 319 g/mol. The van der Waals surface area contributed by atoms with Gasteiger partial charge in [0.15, 0.2) is 0 Å². The van der Waals surface area contributed by atoms with E-state index >= 15 is 0 Å². The smallest absolute Gasteiger partial charge is 0.416 e. The Bertz CT molecular complexity index is 671. The van der Waals surface area contributed by atoms with Crippen LogP contribution in [0.1, 0.15) is 37.0 Å². The highest BCUT2D eigenvalue weighted by molar-refractivity contribution is 5.59. The van der Waals surface area contributed by atoms with Crippen LogP contribution in [-0.2, 0) is 15.7 Å². The molecule has 0 radical (unpaired) electrons. The second-order valence-corrected chi connectivity index (χ2v) is 6.87. The zero-order valence-corrected chi connectivity index (χ0v) is 13.4. The summed E-state index contributed by atoms with van der Waals surface area (Å²) in [6.07, 6.45) is -0.968. The summed E-state index contributed by atoms with van der Waals surface area (Å²) in [6.45, 7) is 3.36. The van der Waals surface area contributed by atoms with Crippen molar-refractivity contribution in [1.82, 2.24) is 0 Å². The Balaban J connectivity index is 1.75. The Hall–Kier alpha value is -1.69. The van der Waals surface area contributed by atoms with Crippen molar-refractivity contribution in [3.63, 3.8) is 0 Å². The van der Waals surface area contributed by atoms with Gasteiger partial charge in [-0.3, -0.25) is 0 Å². The molecule has 0 spiro atoms. The van der Waals surface area contributed by atoms with Gasteiger partial charge in [-0.05, 0) is 36.6 Å². The van der Waals surface area contributed by atoms with E-state index in [1.165, 1.54) is 17.7 Å². The predicted octanol–water partition coefficient (Wildman–Crippen LogP) is 4.52. The van der Waals surface area contributed by atoms with Gasteiger partial charge in [0, 0.05) is 29.7 Å². The van der Waals surface area contributed by atoms with Gasteiger partial charge in [0.05, 0.1) is 30.6 Å². The first kappa shape index (κ1) is 15.8. The number of ether oxygens (including phenoxy) is 2. The molecule has 4 atom stereocenters. The molecular formula is C18H20F3NO2. The Morgan fingerprint density at radius 3 is 2.79 bits per heavy atom. The van der Waals surface area contributed by atoms with E-state index in [1.807, 2.05) is 6.26 Å². The van der Waals surface area contributed by atoms with Crippen LogP contribution < -0.4 is 5.32 Å². The summed E-state index contributed by atoms with van der Waals surface area (Å²) in [6, 6.07) is 3.96. The molecule has 1 fully saturated rings. The lowest BCUT2D eigenvalue weighted by Gasteiger charge is -2.44. The van der Waals surface area contributed by atoms with E-state index in [-0.39, 0.29) is 18.1 Å². The van der Waals surface area contributed by atoms with Crippen molar-refractivity contribution in [2.45, 2.75) is 38.1 Å². The maximum atomic E-state index is 13.1. The summed E-state index contributed by atoms with van der Waals surface area (Å²) in [5, 5.41) is 3.45. The topological polar surface area (TPSA) is 30.5 Å². The molecule has 3 aliphatic rings. The van der Waals surface area contributed by atoms with Gasteiger partial charge in [0.1, 0.15) is 0 Å². The van der Waals surface area contributed by atoms with E-state index in [4.69, 9.17) is 9.47 Å². The molecule has 1 aromatic rings. The third kappa shape index (κ3) is 2.57. The average molecular weight is 339 g/mol. The Morgan fingerprint density at radius 2 is 2.08 bits per heavy atom. The minimum Gasteiger partial charge on any atom is -0.501 e. The zero-order valence-electron chi connectivity index (χ0n) is 13.4. The van der Waals surface area contributed by atoms with E-state index in [0.29, 0.717) is 24.7 Å². The van der Waals surface area contributed by atoms with Gasteiger partial charge in [-0.25, -0.2) is 0 Å². The summed E-state index contributed by atoms with van der Waals surface area (Å²) < 4.78 is 50.6. The van der Waals surface area contributed by atoms with E-state index < -0.39 is 11.7 Å². The molecule has 3 aliphatic heterocycles.